The minimum Gasteiger partial charge on any atom is -0.469 e. The van der Waals surface area contributed by atoms with Crippen LogP contribution in [0.5, 0.6) is 0 Å². The molecule has 0 aliphatic heterocycles. The third-order valence-corrected chi connectivity index (χ3v) is 5.77. The SMILES string of the molecule is CCCC(Cc1cc(NCc2ccc(C#N)cc2)cc(-c2ccc(C(F)(F)F)cc2)c1)C(=O)OC. The first kappa shape index (κ1) is 25.8. The molecule has 0 saturated carbocycles. The highest BCUT2D eigenvalue weighted by Crippen LogP contribution is 2.32. The fourth-order valence-electron chi connectivity index (χ4n) is 3.93. The molecule has 35 heavy (non-hydrogen) atoms. The van der Waals surface area contributed by atoms with Crippen LogP contribution in [0, 0.1) is 17.2 Å². The Hall–Kier alpha value is -3.79. The second-order valence-corrected chi connectivity index (χ2v) is 8.37. The van der Waals surface area contributed by atoms with Crippen LogP contribution >= 0.6 is 0 Å². The number of methoxy groups -OCH3 is 1. The lowest BCUT2D eigenvalue weighted by molar-refractivity contribution is -0.145. The van der Waals surface area contributed by atoms with Gasteiger partial charge in [-0.25, -0.2) is 0 Å². The number of ether oxygens (including phenoxy) is 1. The van der Waals surface area contributed by atoms with Crippen molar-refractivity contribution in [2.24, 2.45) is 5.92 Å². The maximum Gasteiger partial charge on any atom is 0.416 e. The summed E-state index contributed by atoms with van der Waals surface area (Å²) in [6.45, 7) is 2.50. The van der Waals surface area contributed by atoms with Crippen molar-refractivity contribution >= 4 is 11.7 Å². The van der Waals surface area contributed by atoms with E-state index in [2.05, 4.69) is 11.4 Å². The molecule has 1 atom stereocenters. The number of nitrogens with one attached hydrogen (secondary N) is 1. The Morgan fingerprint density at radius 1 is 1.00 bits per heavy atom. The van der Waals surface area contributed by atoms with E-state index in [0.29, 0.717) is 30.5 Å². The van der Waals surface area contributed by atoms with Gasteiger partial charge in [-0.05, 0) is 71.5 Å². The standard InChI is InChI=1S/C28H27F3N2O2/c1-3-4-23(27(34)35-2)13-21-14-24(22-9-11-25(12-10-22)28(29,30)31)16-26(15-21)33-18-20-7-5-19(17-32)6-8-20/h5-12,14-16,23,33H,3-4,13,18H2,1-2H3. The third kappa shape index (κ3) is 7.10. The first-order valence-corrected chi connectivity index (χ1v) is 11.4. The number of nitriles is 1. The Labute approximate surface area is 203 Å². The molecule has 0 aliphatic rings. The van der Waals surface area contributed by atoms with Crippen molar-refractivity contribution in [3.63, 3.8) is 0 Å². The first-order valence-electron chi connectivity index (χ1n) is 11.4. The molecule has 7 heteroatoms. The number of rotatable bonds is 9. The van der Waals surface area contributed by atoms with Crippen molar-refractivity contribution in [3.05, 3.63) is 89.0 Å². The van der Waals surface area contributed by atoms with Gasteiger partial charge in [-0.3, -0.25) is 4.79 Å². The molecular formula is C28H27F3N2O2. The zero-order valence-corrected chi connectivity index (χ0v) is 19.7. The summed E-state index contributed by atoms with van der Waals surface area (Å²) in [6, 6.07) is 20.1. The largest absolute Gasteiger partial charge is 0.469 e. The minimum absolute atomic E-state index is 0.279. The van der Waals surface area contributed by atoms with Crippen LogP contribution < -0.4 is 5.32 Å². The van der Waals surface area contributed by atoms with Crippen LogP contribution in [0.2, 0.25) is 0 Å². The van der Waals surface area contributed by atoms with Crippen molar-refractivity contribution in [3.8, 4) is 17.2 Å². The molecule has 1 unspecified atom stereocenters. The maximum absolute atomic E-state index is 13.0. The predicted molar refractivity (Wildman–Crippen MR) is 129 cm³/mol. The molecule has 3 aromatic rings. The van der Waals surface area contributed by atoms with Gasteiger partial charge in [0, 0.05) is 12.2 Å². The van der Waals surface area contributed by atoms with Gasteiger partial charge in [0.05, 0.1) is 30.2 Å². The summed E-state index contributed by atoms with van der Waals surface area (Å²) in [5.41, 5.74) is 3.90. The van der Waals surface area contributed by atoms with Crippen molar-refractivity contribution in [1.82, 2.24) is 0 Å². The van der Waals surface area contributed by atoms with E-state index in [0.717, 1.165) is 40.9 Å². The van der Waals surface area contributed by atoms with Crippen LogP contribution in [0.1, 0.15) is 42.0 Å². The topological polar surface area (TPSA) is 62.1 Å². The van der Waals surface area contributed by atoms with Gasteiger partial charge in [0.25, 0.3) is 0 Å². The highest BCUT2D eigenvalue weighted by Gasteiger charge is 2.30. The molecule has 0 amide bonds. The first-order chi connectivity index (χ1) is 16.7. The molecule has 0 heterocycles. The van der Waals surface area contributed by atoms with Crippen molar-refractivity contribution in [1.29, 1.82) is 5.26 Å². The molecule has 0 radical (unpaired) electrons. The summed E-state index contributed by atoms with van der Waals surface area (Å²) in [5.74, 6) is -0.585. The average molecular weight is 481 g/mol. The zero-order valence-electron chi connectivity index (χ0n) is 19.7. The predicted octanol–water partition coefficient (Wildman–Crippen LogP) is 6.99. The van der Waals surface area contributed by atoms with Crippen molar-refractivity contribution < 1.29 is 22.7 Å². The molecule has 3 aromatic carbocycles. The van der Waals surface area contributed by atoms with Crippen molar-refractivity contribution in [2.45, 2.75) is 38.9 Å². The molecule has 1 N–H and O–H groups in total. The van der Waals surface area contributed by atoms with Crippen LogP contribution in [0.3, 0.4) is 0 Å². The molecule has 182 valence electrons. The monoisotopic (exact) mass is 480 g/mol. The number of nitrogens with zero attached hydrogens (tertiary/aromatic N) is 1. The second-order valence-electron chi connectivity index (χ2n) is 8.37. The van der Waals surface area contributed by atoms with Gasteiger partial charge in [0.1, 0.15) is 0 Å². The van der Waals surface area contributed by atoms with E-state index < -0.39 is 11.7 Å². The Bertz CT molecular complexity index is 1180. The summed E-state index contributed by atoms with van der Waals surface area (Å²) >= 11 is 0. The van der Waals surface area contributed by atoms with Crippen LogP contribution in [0.15, 0.2) is 66.7 Å². The number of hydrogen-bond acceptors (Lipinski definition) is 4. The van der Waals surface area contributed by atoms with E-state index in [4.69, 9.17) is 10.00 Å². The Kier molecular flexibility index (Phi) is 8.53. The lowest BCUT2D eigenvalue weighted by Crippen LogP contribution is -2.18. The van der Waals surface area contributed by atoms with E-state index in [-0.39, 0.29) is 11.9 Å². The molecular weight excluding hydrogens is 453 g/mol. The van der Waals surface area contributed by atoms with Crippen LogP contribution in [0.4, 0.5) is 18.9 Å². The lowest BCUT2D eigenvalue weighted by Gasteiger charge is -2.17. The van der Waals surface area contributed by atoms with Gasteiger partial charge in [-0.15, -0.1) is 0 Å². The number of carbonyl (C=O) groups is 1. The quantitative estimate of drug-likeness (QED) is 0.335. The van der Waals surface area contributed by atoms with Gasteiger partial charge in [0.2, 0.25) is 0 Å². The highest BCUT2D eigenvalue weighted by atomic mass is 19.4. The molecule has 0 aromatic heterocycles. The lowest BCUT2D eigenvalue weighted by atomic mass is 9.92. The molecule has 3 rings (SSSR count). The van der Waals surface area contributed by atoms with Crippen LogP contribution in [-0.4, -0.2) is 13.1 Å². The Morgan fingerprint density at radius 3 is 2.26 bits per heavy atom. The molecule has 0 spiro atoms. The fourth-order valence-corrected chi connectivity index (χ4v) is 3.93. The van der Waals surface area contributed by atoms with E-state index in [9.17, 15) is 18.0 Å². The van der Waals surface area contributed by atoms with Crippen LogP contribution in [-0.2, 0) is 28.7 Å². The summed E-state index contributed by atoms with van der Waals surface area (Å²) < 4.78 is 44.0. The van der Waals surface area contributed by atoms with Crippen LogP contribution in [0.25, 0.3) is 11.1 Å². The minimum atomic E-state index is -4.40. The molecule has 4 nitrogen and oxygen atoms in total. The van der Waals surface area contributed by atoms with E-state index in [1.165, 1.54) is 19.2 Å². The Balaban J connectivity index is 1.92. The number of esters is 1. The smallest absolute Gasteiger partial charge is 0.416 e. The summed E-state index contributed by atoms with van der Waals surface area (Å²) in [4.78, 5) is 12.3. The number of alkyl halides is 3. The average Bonchev–Trinajstić information content (AvgIpc) is 2.86. The second kappa shape index (κ2) is 11.6. The van der Waals surface area contributed by atoms with Gasteiger partial charge in [0.15, 0.2) is 0 Å². The summed E-state index contributed by atoms with van der Waals surface area (Å²) in [7, 11) is 1.37. The molecule has 0 fully saturated rings. The van der Waals surface area contributed by atoms with Gasteiger partial charge in [-0.2, -0.15) is 18.4 Å². The number of carbonyl (C=O) groups excluding carboxylic acids is 1. The number of anilines is 1. The van der Waals surface area contributed by atoms with E-state index in [1.807, 2.05) is 37.3 Å². The number of benzene rings is 3. The summed E-state index contributed by atoms with van der Waals surface area (Å²) in [5, 5.41) is 12.3. The summed E-state index contributed by atoms with van der Waals surface area (Å²) in [6.07, 6.45) is -2.45. The molecule has 0 bridgehead atoms. The number of halogens is 3. The van der Waals surface area contributed by atoms with Crippen molar-refractivity contribution in [2.75, 3.05) is 12.4 Å². The maximum atomic E-state index is 13.0. The Morgan fingerprint density at radius 2 is 1.69 bits per heavy atom. The van der Waals surface area contributed by atoms with E-state index >= 15 is 0 Å². The zero-order chi connectivity index (χ0) is 25.4. The fraction of sp³-hybridized carbons (Fsp3) is 0.286. The van der Waals surface area contributed by atoms with Gasteiger partial charge < -0.3 is 10.1 Å². The normalized spacial score (nSPS) is 12.0. The van der Waals surface area contributed by atoms with Gasteiger partial charge in [-0.1, -0.05) is 43.7 Å². The third-order valence-electron chi connectivity index (χ3n) is 5.77. The van der Waals surface area contributed by atoms with Gasteiger partial charge >= 0.3 is 12.1 Å². The van der Waals surface area contributed by atoms with E-state index in [1.54, 1.807) is 12.1 Å². The highest BCUT2D eigenvalue weighted by molar-refractivity contribution is 5.74. The molecule has 0 aliphatic carbocycles. The number of hydrogen-bond donors (Lipinski definition) is 1. The molecule has 0 saturated heterocycles.